The van der Waals surface area contributed by atoms with Gasteiger partial charge in [-0.3, -0.25) is 4.57 Å². The number of hydrogen-bond donors (Lipinski definition) is 2. The van der Waals surface area contributed by atoms with Crippen molar-refractivity contribution in [1.82, 2.24) is 14.8 Å². The summed E-state index contributed by atoms with van der Waals surface area (Å²) in [6, 6.07) is 0.320. The number of H-pyrrole nitrogens is 1. The Bertz CT molecular complexity index is 400. The lowest BCUT2D eigenvalue weighted by atomic mass is 10.2. The number of hydrogen-bond acceptors (Lipinski definition) is 4. The molecule has 5 nitrogen and oxygen atoms in total. The monoisotopic (exact) mass is 229 g/mol. The van der Waals surface area contributed by atoms with Crippen LogP contribution in [-0.4, -0.2) is 31.2 Å². The Labute approximate surface area is 91.9 Å². The van der Waals surface area contributed by atoms with Crippen LogP contribution in [0.4, 0.5) is 0 Å². The lowest BCUT2D eigenvalue weighted by molar-refractivity contribution is 0.107. The predicted octanol–water partition coefficient (Wildman–Crippen LogP) is 0.769. The van der Waals surface area contributed by atoms with E-state index in [4.69, 9.17) is 0 Å². The highest BCUT2D eigenvalue weighted by molar-refractivity contribution is 7.99. The summed E-state index contributed by atoms with van der Waals surface area (Å²) in [6.45, 7) is 3.48. The molecule has 1 aliphatic carbocycles. The zero-order valence-corrected chi connectivity index (χ0v) is 9.67. The smallest absolute Gasteiger partial charge is 0.344 e. The maximum atomic E-state index is 11.4. The van der Waals surface area contributed by atoms with Gasteiger partial charge in [-0.15, -0.1) is 5.10 Å². The maximum absolute atomic E-state index is 11.4. The third-order valence-corrected chi connectivity index (χ3v) is 3.54. The van der Waals surface area contributed by atoms with Crippen molar-refractivity contribution in [2.75, 3.05) is 5.75 Å². The van der Waals surface area contributed by atoms with Gasteiger partial charge in [0.25, 0.3) is 0 Å². The summed E-state index contributed by atoms with van der Waals surface area (Å²) in [5.41, 5.74) is -0.885. The van der Waals surface area contributed by atoms with E-state index >= 15 is 0 Å². The summed E-state index contributed by atoms with van der Waals surface area (Å²) in [4.78, 5) is 11.4. The first kappa shape index (κ1) is 10.8. The molecular weight excluding hydrogens is 214 g/mol. The van der Waals surface area contributed by atoms with Gasteiger partial charge < -0.3 is 5.11 Å². The summed E-state index contributed by atoms with van der Waals surface area (Å²) in [6.07, 6.45) is 2.10. The van der Waals surface area contributed by atoms with Gasteiger partial charge in [-0.1, -0.05) is 11.8 Å². The minimum absolute atomic E-state index is 0.143. The lowest BCUT2D eigenvalue weighted by Crippen LogP contribution is -2.22. The van der Waals surface area contributed by atoms with Crippen LogP contribution in [0, 0.1) is 0 Å². The van der Waals surface area contributed by atoms with Crippen molar-refractivity contribution in [2.24, 2.45) is 0 Å². The molecule has 1 saturated carbocycles. The van der Waals surface area contributed by atoms with Crippen LogP contribution in [0.25, 0.3) is 0 Å². The Hall–Kier alpha value is -0.750. The normalized spacial score (nSPS) is 17.0. The van der Waals surface area contributed by atoms with Gasteiger partial charge in [-0.25, -0.2) is 9.89 Å². The van der Waals surface area contributed by atoms with E-state index < -0.39 is 5.60 Å². The molecule has 0 unspecified atom stereocenters. The van der Waals surface area contributed by atoms with Gasteiger partial charge in [0.05, 0.1) is 5.60 Å². The first-order valence-electron chi connectivity index (χ1n) is 4.99. The van der Waals surface area contributed by atoms with Crippen LogP contribution in [0.2, 0.25) is 0 Å². The van der Waals surface area contributed by atoms with E-state index in [2.05, 4.69) is 10.2 Å². The van der Waals surface area contributed by atoms with E-state index in [0.29, 0.717) is 17.0 Å². The summed E-state index contributed by atoms with van der Waals surface area (Å²) in [5, 5.41) is 16.7. The maximum Gasteiger partial charge on any atom is 0.344 e. The molecule has 0 spiro atoms. The predicted molar refractivity (Wildman–Crippen MR) is 58.1 cm³/mol. The molecule has 2 N–H and O–H groups in total. The fourth-order valence-corrected chi connectivity index (χ4v) is 2.25. The van der Waals surface area contributed by atoms with Crippen molar-refractivity contribution in [3.05, 3.63) is 10.5 Å². The van der Waals surface area contributed by atoms with Gasteiger partial charge in [0.1, 0.15) is 0 Å². The van der Waals surface area contributed by atoms with Crippen LogP contribution >= 0.6 is 11.8 Å². The topological polar surface area (TPSA) is 70.9 Å². The van der Waals surface area contributed by atoms with Crippen LogP contribution in [-0.2, 0) is 0 Å². The standard InChI is InChI=1S/C9H15N3O2S/c1-9(2,14)5-15-8-11-10-7(13)12(8)6-3-4-6/h6,14H,3-5H2,1-2H3,(H,10,13). The third-order valence-electron chi connectivity index (χ3n) is 2.14. The number of aliphatic hydroxyl groups is 1. The molecule has 0 atom stereocenters. The number of rotatable bonds is 4. The number of nitrogens with one attached hydrogen (secondary N) is 1. The molecule has 2 rings (SSSR count). The SMILES string of the molecule is CC(C)(O)CSc1n[nH]c(=O)n1C1CC1. The van der Waals surface area contributed by atoms with Crippen LogP contribution in [0.15, 0.2) is 9.95 Å². The first-order valence-corrected chi connectivity index (χ1v) is 5.98. The Morgan fingerprint density at radius 2 is 2.33 bits per heavy atom. The van der Waals surface area contributed by atoms with Gasteiger partial charge in [0.2, 0.25) is 0 Å². The quantitative estimate of drug-likeness (QED) is 0.748. The molecule has 15 heavy (non-hydrogen) atoms. The van der Waals surface area contributed by atoms with Crippen molar-refractivity contribution in [1.29, 1.82) is 0 Å². The minimum atomic E-state index is -0.742. The van der Waals surface area contributed by atoms with Crippen molar-refractivity contribution in [2.45, 2.75) is 43.5 Å². The molecule has 1 aromatic rings. The number of aromatic nitrogens is 3. The second-order valence-corrected chi connectivity index (χ2v) is 5.46. The van der Waals surface area contributed by atoms with Crippen molar-refractivity contribution < 1.29 is 5.11 Å². The molecule has 0 saturated heterocycles. The lowest BCUT2D eigenvalue weighted by Gasteiger charge is -2.15. The highest BCUT2D eigenvalue weighted by Gasteiger charge is 2.29. The molecule has 84 valence electrons. The largest absolute Gasteiger partial charge is 0.390 e. The van der Waals surface area contributed by atoms with Crippen LogP contribution in [0.1, 0.15) is 32.7 Å². The summed E-state index contributed by atoms with van der Waals surface area (Å²) < 4.78 is 1.69. The molecule has 0 radical (unpaired) electrons. The fourth-order valence-electron chi connectivity index (χ4n) is 1.29. The summed E-state index contributed by atoms with van der Waals surface area (Å²) in [7, 11) is 0. The molecule has 0 aromatic carbocycles. The average Bonchev–Trinajstić information content (AvgIpc) is 2.87. The van der Waals surface area contributed by atoms with Crippen molar-refractivity contribution >= 4 is 11.8 Å². The molecule has 0 amide bonds. The summed E-state index contributed by atoms with van der Waals surface area (Å²) >= 11 is 1.41. The Kier molecular flexibility index (Phi) is 2.64. The summed E-state index contributed by atoms with van der Waals surface area (Å²) in [5.74, 6) is 0.532. The van der Waals surface area contributed by atoms with E-state index in [9.17, 15) is 9.90 Å². The molecule has 6 heteroatoms. The van der Waals surface area contributed by atoms with Crippen LogP contribution < -0.4 is 5.69 Å². The van der Waals surface area contributed by atoms with E-state index in [0.717, 1.165) is 12.8 Å². The Balaban J connectivity index is 2.11. The molecular formula is C9H15N3O2S. The highest BCUT2D eigenvalue weighted by atomic mass is 32.2. The molecule has 1 aliphatic rings. The molecule has 1 aromatic heterocycles. The average molecular weight is 229 g/mol. The van der Waals surface area contributed by atoms with Gasteiger partial charge >= 0.3 is 5.69 Å². The first-order chi connectivity index (χ1) is 6.97. The molecule has 0 aliphatic heterocycles. The number of aromatic amines is 1. The molecule has 1 heterocycles. The van der Waals surface area contributed by atoms with Crippen molar-refractivity contribution in [3.63, 3.8) is 0 Å². The molecule has 0 bridgehead atoms. The number of nitrogens with zero attached hydrogens (tertiary/aromatic N) is 2. The van der Waals surface area contributed by atoms with Gasteiger partial charge in [-0.2, -0.15) is 0 Å². The van der Waals surface area contributed by atoms with E-state index in [1.165, 1.54) is 11.8 Å². The minimum Gasteiger partial charge on any atom is -0.390 e. The van der Waals surface area contributed by atoms with Gasteiger partial charge in [0.15, 0.2) is 5.16 Å². The van der Waals surface area contributed by atoms with E-state index in [1.54, 1.807) is 18.4 Å². The van der Waals surface area contributed by atoms with Crippen molar-refractivity contribution in [3.8, 4) is 0 Å². The zero-order valence-electron chi connectivity index (χ0n) is 8.86. The van der Waals surface area contributed by atoms with Gasteiger partial charge in [0, 0.05) is 11.8 Å². The fraction of sp³-hybridized carbons (Fsp3) is 0.778. The van der Waals surface area contributed by atoms with Gasteiger partial charge in [-0.05, 0) is 26.7 Å². The zero-order chi connectivity index (χ0) is 11.1. The highest BCUT2D eigenvalue weighted by Crippen LogP contribution is 2.36. The van der Waals surface area contributed by atoms with Crippen LogP contribution in [0.3, 0.4) is 0 Å². The third kappa shape index (κ3) is 2.63. The Morgan fingerprint density at radius 1 is 1.67 bits per heavy atom. The van der Waals surface area contributed by atoms with E-state index in [-0.39, 0.29) is 5.69 Å². The second-order valence-electron chi connectivity index (χ2n) is 4.51. The van der Waals surface area contributed by atoms with Crippen LogP contribution in [0.5, 0.6) is 0 Å². The van der Waals surface area contributed by atoms with E-state index in [1.807, 2.05) is 0 Å². The molecule has 1 fully saturated rings. The number of thioether (sulfide) groups is 1. The Morgan fingerprint density at radius 3 is 2.87 bits per heavy atom. The second kappa shape index (κ2) is 3.68.